The van der Waals surface area contributed by atoms with E-state index in [0.29, 0.717) is 6.61 Å². The molecule has 1 heterocycles. The molecule has 1 aromatic heterocycles. The van der Waals surface area contributed by atoms with Gasteiger partial charge in [0.2, 0.25) is 0 Å². The van der Waals surface area contributed by atoms with Gasteiger partial charge in [0.25, 0.3) is 0 Å². The second-order valence-electron chi connectivity index (χ2n) is 5.18. The molecule has 0 unspecified atom stereocenters. The van der Waals surface area contributed by atoms with Crippen molar-refractivity contribution in [2.24, 2.45) is 0 Å². The Morgan fingerprint density at radius 2 is 1.86 bits per heavy atom. The van der Waals surface area contributed by atoms with Gasteiger partial charge in [-0.1, -0.05) is 18.2 Å². The SMILES string of the molecule is CCOc1ccccc1CN(CCCO)Cc1ccncc1. The van der Waals surface area contributed by atoms with Gasteiger partial charge in [-0.05, 0) is 37.1 Å². The van der Waals surface area contributed by atoms with Crippen LogP contribution in [0.15, 0.2) is 48.8 Å². The number of nitrogens with zero attached hydrogens (tertiary/aromatic N) is 2. The summed E-state index contributed by atoms with van der Waals surface area (Å²) in [4.78, 5) is 6.38. The van der Waals surface area contributed by atoms with Gasteiger partial charge in [0.15, 0.2) is 0 Å². The van der Waals surface area contributed by atoms with Gasteiger partial charge in [-0.2, -0.15) is 0 Å². The smallest absolute Gasteiger partial charge is 0.123 e. The van der Waals surface area contributed by atoms with Crippen molar-refractivity contribution in [1.82, 2.24) is 9.88 Å². The average molecular weight is 300 g/mol. The van der Waals surface area contributed by atoms with Crippen LogP contribution in [0.5, 0.6) is 5.75 Å². The third-order valence-electron chi connectivity index (χ3n) is 3.45. The van der Waals surface area contributed by atoms with Gasteiger partial charge in [0, 0.05) is 44.2 Å². The minimum atomic E-state index is 0.208. The Morgan fingerprint density at radius 3 is 2.59 bits per heavy atom. The lowest BCUT2D eigenvalue weighted by molar-refractivity contribution is 0.210. The van der Waals surface area contributed by atoms with Crippen molar-refractivity contribution >= 4 is 0 Å². The van der Waals surface area contributed by atoms with Gasteiger partial charge in [0.05, 0.1) is 6.61 Å². The van der Waals surface area contributed by atoms with Crippen LogP contribution in [0.4, 0.5) is 0 Å². The molecule has 4 heteroatoms. The standard InChI is InChI=1S/C18H24N2O2/c1-2-22-18-7-4-3-6-17(18)15-20(12-5-13-21)14-16-8-10-19-11-9-16/h3-4,6-11,21H,2,5,12-15H2,1H3. The first-order valence-corrected chi connectivity index (χ1v) is 7.76. The van der Waals surface area contributed by atoms with Gasteiger partial charge in [-0.25, -0.2) is 0 Å². The van der Waals surface area contributed by atoms with Gasteiger partial charge < -0.3 is 9.84 Å². The zero-order chi connectivity index (χ0) is 15.6. The number of rotatable bonds is 9. The highest BCUT2D eigenvalue weighted by atomic mass is 16.5. The summed E-state index contributed by atoms with van der Waals surface area (Å²) in [5.74, 6) is 0.939. The normalized spacial score (nSPS) is 10.9. The van der Waals surface area contributed by atoms with Gasteiger partial charge in [-0.3, -0.25) is 9.88 Å². The first kappa shape index (κ1) is 16.5. The van der Waals surface area contributed by atoms with Gasteiger partial charge in [0.1, 0.15) is 5.75 Å². The van der Waals surface area contributed by atoms with E-state index in [1.165, 1.54) is 11.1 Å². The molecule has 0 amide bonds. The highest BCUT2D eigenvalue weighted by Gasteiger charge is 2.10. The lowest BCUT2D eigenvalue weighted by Crippen LogP contribution is -2.25. The van der Waals surface area contributed by atoms with Crippen LogP contribution in [-0.2, 0) is 13.1 Å². The van der Waals surface area contributed by atoms with Crippen LogP contribution in [0.1, 0.15) is 24.5 Å². The number of pyridine rings is 1. The fourth-order valence-corrected chi connectivity index (χ4v) is 2.43. The maximum atomic E-state index is 9.12. The summed E-state index contributed by atoms with van der Waals surface area (Å²) in [6, 6.07) is 12.2. The summed E-state index contributed by atoms with van der Waals surface area (Å²) in [5, 5.41) is 9.12. The topological polar surface area (TPSA) is 45.6 Å². The Balaban J connectivity index is 2.09. The number of aromatic nitrogens is 1. The van der Waals surface area contributed by atoms with E-state index in [0.717, 1.165) is 31.8 Å². The van der Waals surface area contributed by atoms with Crippen LogP contribution >= 0.6 is 0 Å². The predicted molar refractivity (Wildman–Crippen MR) is 87.7 cm³/mol. The number of ether oxygens (including phenoxy) is 1. The number of aliphatic hydroxyl groups is 1. The van der Waals surface area contributed by atoms with E-state index in [1.54, 1.807) is 0 Å². The van der Waals surface area contributed by atoms with Crippen LogP contribution in [-0.4, -0.2) is 34.7 Å². The second-order valence-corrected chi connectivity index (χ2v) is 5.18. The van der Waals surface area contributed by atoms with Crippen LogP contribution < -0.4 is 4.74 Å². The molecule has 0 aliphatic carbocycles. The molecule has 2 rings (SSSR count). The summed E-state index contributed by atoms with van der Waals surface area (Å²) in [5.41, 5.74) is 2.40. The molecule has 0 radical (unpaired) electrons. The second kappa shape index (κ2) is 9.18. The lowest BCUT2D eigenvalue weighted by atomic mass is 10.1. The van der Waals surface area contributed by atoms with E-state index in [9.17, 15) is 0 Å². The third kappa shape index (κ3) is 5.13. The van der Waals surface area contributed by atoms with Gasteiger partial charge >= 0.3 is 0 Å². The Bertz CT molecular complexity index is 546. The summed E-state index contributed by atoms with van der Waals surface area (Å²) in [6.45, 7) is 5.36. The Hall–Kier alpha value is -1.91. The summed E-state index contributed by atoms with van der Waals surface area (Å²) < 4.78 is 5.71. The van der Waals surface area contributed by atoms with Crippen LogP contribution in [0.25, 0.3) is 0 Å². The highest BCUT2D eigenvalue weighted by molar-refractivity contribution is 5.33. The fourth-order valence-electron chi connectivity index (χ4n) is 2.43. The first-order chi connectivity index (χ1) is 10.8. The molecule has 0 aliphatic heterocycles. The van der Waals surface area contributed by atoms with Crippen molar-refractivity contribution in [2.75, 3.05) is 19.8 Å². The highest BCUT2D eigenvalue weighted by Crippen LogP contribution is 2.21. The molecule has 0 aliphatic rings. The Labute approximate surface area is 132 Å². The minimum Gasteiger partial charge on any atom is -0.494 e. The summed E-state index contributed by atoms with van der Waals surface area (Å²) >= 11 is 0. The quantitative estimate of drug-likeness (QED) is 0.773. The molecule has 1 aromatic carbocycles. The van der Waals surface area contributed by atoms with E-state index in [4.69, 9.17) is 9.84 Å². The molecule has 0 atom stereocenters. The van der Waals surface area contributed by atoms with E-state index >= 15 is 0 Å². The van der Waals surface area contributed by atoms with Crippen LogP contribution in [0.2, 0.25) is 0 Å². The summed E-state index contributed by atoms with van der Waals surface area (Å²) in [7, 11) is 0. The monoisotopic (exact) mass is 300 g/mol. The van der Waals surface area contributed by atoms with Crippen molar-refractivity contribution in [3.63, 3.8) is 0 Å². The van der Waals surface area contributed by atoms with Crippen LogP contribution in [0.3, 0.4) is 0 Å². The van der Waals surface area contributed by atoms with E-state index < -0.39 is 0 Å². The van der Waals surface area contributed by atoms with Crippen LogP contribution in [0, 0.1) is 0 Å². The molecule has 0 spiro atoms. The molecule has 1 N–H and O–H groups in total. The number of hydrogen-bond acceptors (Lipinski definition) is 4. The van der Waals surface area contributed by atoms with Crippen molar-refractivity contribution in [2.45, 2.75) is 26.4 Å². The van der Waals surface area contributed by atoms with E-state index in [2.05, 4.69) is 16.0 Å². The van der Waals surface area contributed by atoms with E-state index in [-0.39, 0.29) is 6.61 Å². The molecule has 0 fully saturated rings. The molecular weight excluding hydrogens is 276 g/mol. The zero-order valence-electron chi connectivity index (χ0n) is 13.1. The largest absolute Gasteiger partial charge is 0.494 e. The molecular formula is C18H24N2O2. The maximum Gasteiger partial charge on any atom is 0.123 e. The molecule has 4 nitrogen and oxygen atoms in total. The van der Waals surface area contributed by atoms with Crippen molar-refractivity contribution in [3.8, 4) is 5.75 Å². The van der Waals surface area contributed by atoms with Crippen molar-refractivity contribution in [1.29, 1.82) is 0 Å². The molecule has 0 saturated carbocycles. The number of aliphatic hydroxyl groups excluding tert-OH is 1. The molecule has 0 bridgehead atoms. The lowest BCUT2D eigenvalue weighted by Gasteiger charge is -2.23. The number of hydrogen-bond donors (Lipinski definition) is 1. The third-order valence-corrected chi connectivity index (χ3v) is 3.45. The molecule has 22 heavy (non-hydrogen) atoms. The minimum absolute atomic E-state index is 0.208. The first-order valence-electron chi connectivity index (χ1n) is 7.76. The zero-order valence-corrected chi connectivity index (χ0v) is 13.1. The molecule has 118 valence electrons. The van der Waals surface area contributed by atoms with Crippen molar-refractivity contribution < 1.29 is 9.84 Å². The fraction of sp³-hybridized carbons (Fsp3) is 0.389. The number of benzene rings is 1. The Morgan fingerprint density at radius 1 is 1.09 bits per heavy atom. The molecule has 0 saturated heterocycles. The van der Waals surface area contributed by atoms with Gasteiger partial charge in [-0.15, -0.1) is 0 Å². The van der Waals surface area contributed by atoms with E-state index in [1.807, 2.05) is 49.6 Å². The molecule has 2 aromatic rings. The predicted octanol–water partition coefficient (Wildman–Crippen LogP) is 2.86. The average Bonchev–Trinajstić information content (AvgIpc) is 2.55. The van der Waals surface area contributed by atoms with Crippen molar-refractivity contribution in [3.05, 3.63) is 59.9 Å². The Kier molecular flexibility index (Phi) is 6.87. The number of para-hydroxylation sites is 1. The summed E-state index contributed by atoms with van der Waals surface area (Å²) in [6.07, 6.45) is 4.39. The maximum absolute atomic E-state index is 9.12.